The molecule has 0 aliphatic heterocycles. The normalized spacial score (nSPS) is 9.89. The molecular formula is C10H11BrO7. The van der Waals surface area contributed by atoms with Crippen LogP contribution in [-0.2, 0) is 33.4 Å². The summed E-state index contributed by atoms with van der Waals surface area (Å²) in [7, 11) is 1.16. The van der Waals surface area contributed by atoms with Crippen molar-refractivity contribution in [1.82, 2.24) is 0 Å². The predicted molar refractivity (Wildman–Crippen MR) is 61.6 cm³/mol. The van der Waals surface area contributed by atoms with E-state index in [4.69, 9.17) is 0 Å². The van der Waals surface area contributed by atoms with E-state index in [2.05, 4.69) is 30.1 Å². The summed E-state index contributed by atoms with van der Waals surface area (Å²) in [4.78, 5) is 43.2. The fourth-order valence-corrected chi connectivity index (χ4v) is 0.807. The van der Waals surface area contributed by atoms with Gasteiger partial charge in [-0.3, -0.25) is 9.59 Å². The van der Waals surface area contributed by atoms with E-state index in [1.54, 1.807) is 0 Å². The molecule has 0 aliphatic rings. The lowest BCUT2D eigenvalue weighted by Gasteiger charge is -2.01. The van der Waals surface area contributed by atoms with E-state index in [1.807, 2.05) is 0 Å². The van der Waals surface area contributed by atoms with E-state index in [0.717, 1.165) is 19.3 Å². The van der Waals surface area contributed by atoms with Gasteiger partial charge in [-0.05, 0) is 0 Å². The number of ether oxygens (including phenoxy) is 3. The number of methoxy groups -OCH3 is 1. The topological polar surface area (TPSA) is 96.0 Å². The Kier molecular flexibility index (Phi) is 8.46. The minimum Gasteiger partial charge on any atom is -0.466 e. The lowest BCUT2D eigenvalue weighted by atomic mass is 10.4. The van der Waals surface area contributed by atoms with E-state index in [-0.39, 0.29) is 18.4 Å². The molecule has 0 saturated carbocycles. The van der Waals surface area contributed by atoms with Gasteiger partial charge in [-0.15, -0.1) is 0 Å². The van der Waals surface area contributed by atoms with Crippen molar-refractivity contribution >= 4 is 39.8 Å². The summed E-state index contributed by atoms with van der Waals surface area (Å²) >= 11 is 2.81. The molecular weight excluding hydrogens is 312 g/mol. The molecule has 0 heterocycles. The third kappa shape index (κ3) is 8.45. The average molecular weight is 323 g/mol. The van der Waals surface area contributed by atoms with Gasteiger partial charge in [0.25, 0.3) is 0 Å². The number of hydrogen-bond acceptors (Lipinski definition) is 7. The molecule has 0 aromatic heterocycles. The quantitative estimate of drug-likeness (QED) is 0.225. The van der Waals surface area contributed by atoms with Crippen LogP contribution in [0.3, 0.4) is 0 Å². The first-order valence-electron chi connectivity index (χ1n) is 4.71. The molecule has 0 rings (SSSR count). The summed E-state index contributed by atoms with van der Waals surface area (Å²) in [6.07, 6.45) is 1.49. The van der Waals surface area contributed by atoms with Gasteiger partial charge in [0, 0.05) is 12.2 Å². The van der Waals surface area contributed by atoms with Crippen LogP contribution in [-0.4, -0.2) is 42.9 Å². The maximum absolute atomic E-state index is 11.0. The van der Waals surface area contributed by atoms with Crippen molar-refractivity contribution in [2.45, 2.75) is 6.42 Å². The van der Waals surface area contributed by atoms with Gasteiger partial charge in [-0.25, -0.2) is 9.59 Å². The van der Waals surface area contributed by atoms with Crippen LogP contribution in [0.25, 0.3) is 0 Å². The molecule has 0 fully saturated rings. The summed E-state index contributed by atoms with van der Waals surface area (Å²) in [5, 5.41) is -0.0968. The zero-order valence-electron chi connectivity index (χ0n) is 9.51. The number of halogens is 1. The second kappa shape index (κ2) is 9.34. The molecule has 0 aromatic rings. The minimum atomic E-state index is -0.806. The third-order valence-corrected chi connectivity index (χ3v) is 1.90. The summed E-state index contributed by atoms with van der Waals surface area (Å²) in [5.41, 5.74) is 0. The van der Waals surface area contributed by atoms with Gasteiger partial charge in [0.1, 0.15) is 11.9 Å². The Morgan fingerprint density at radius 1 is 1.06 bits per heavy atom. The highest BCUT2D eigenvalue weighted by Gasteiger charge is 2.09. The molecule has 0 saturated heterocycles. The zero-order chi connectivity index (χ0) is 14.0. The van der Waals surface area contributed by atoms with E-state index in [0.29, 0.717) is 0 Å². The maximum atomic E-state index is 11.0. The molecule has 8 heteroatoms. The van der Waals surface area contributed by atoms with Crippen molar-refractivity contribution in [3.05, 3.63) is 12.2 Å². The first-order valence-corrected chi connectivity index (χ1v) is 5.84. The SMILES string of the molecule is COC(=O)C=CC(=O)OCCC(=O)OC(=O)CBr. The van der Waals surface area contributed by atoms with Crippen LogP contribution in [0.4, 0.5) is 0 Å². The van der Waals surface area contributed by atoms with Crippen molar-refractivity contribution in [3.63, 3.8) is 0 Å². The highest BCUT2D eigenvalue weighted by Crippen LogP contribution is 1.93. The molecule has 0 spiro atoms. The molecule has 100 valence electrons. The zero-order valence-corrected chi connectivity index (χ0v) is 11.1. The van der Waals surface area contributed by atoms with Gasteiger partial charge in [0.05, 0.1) is 13.5 Å². The Bertz CT molecular complexity index is 361. The van der Waals surface area contributed by atoms with Crippen molar-refractivity contribution in [1.29, 1.82) is 0 Å². The Labute approximate surface area is 111 Å². The molecule has 0 unspecified atom stereocenters. The van der Waals surface area contributed by atoms with Crippen molar-refractivity contribution in [2.24, 2.45) is 0 Å². The molecule has 18 heavy (non-hydrogen) atoms. The Balaban J connectivity index is 3.81. The predicted octanol–water partition coefficient (Wildman–Crippen LogP) is 0.114. The van der Waals surface area contributed by atoms with E-state index >= 15 is 0 Å². The number of esters is 4. The molecule has 0 bridgehead atoms. The van der Waals surface area contributed by atoms with E-state index in [1.165, 1.54) is 0 Å². The van der Waals surface area contributed by atoms with Crippen LogP contribution in [0.2, 0.25) is 0 Å². The van der Waals surface area contributed by atoms with Crippen molar-refractivity contribution in [3.8, 4) is 0 Å². The van der Waals surface area contributed by atoms with Gasteiger partial charge in [0.15, 0.2) is 0 Å². The summed E-state index contributed by atoms with van der Waals surface area (Å²) in [6.45, 7) is -0.251. The van der Waals surface area contributed by atoms with Gasteiger partial charge >= 0.3 is 23.9 Å². The number of carbonyl (C=O) groups is 4. The largest absolute Gasteiger partial charge is 0.466 e. The average Bonchev–Trinajstić information content (AvgIpc) is 2.35. The molecule has 7 nitrogen and oxygen atoms in total. The second-order valence-electron chi connectivity index (χ2n) is 2.75. The fourth-order valence-electron chi connectivity index (χ4n) is 0.692. The summed E-state index contributed by atoms with van der Waals surface area (Å²) in [6, 6.07) is 0. The van der Waals surface area contributed by atoms with Crippen LogP contribution in [0.1, 0.15) is 6.42 Å². The number of rotatable bonds is 6. The van der Waals surface area contributed by atoms with Gasteiger partial charge in [-0.2, -0.15) is 0 Å². The van der Waals surface area contributed by atoms with E-state index in [9.17, 15) is 19.2 Å². The molecule has 0 aliphatic carbocycles. The highest BCUT2D eigenvalue weighted by atomic mass is 79.9. The van der Waals surface area contributed by atoms with Crippen LogP contribution < -0.4 is 0 Å². The monoisotopic (exact) mass is 322 g/mol. The van der Waals surface area contributed by atoms with Crippen LogP contribution >= 0.6 is 15.9 Å². The second-order valence-corrected chi connectivity index (χ2v) is 3.31. The van der Waals surface area contributed by atoms with E-state index < -0.39 is 23.9 Å². The number of alkyl halides is 1. The molecule has 0 N–H and O–H groups in total. The number of carbonyl (C=O) groups excluding carboxylic acids is 4. The van der Waals surface area contributed by atoms with Gasteiger partial charge in [-0.1, -0.05) is 15.9 Å². The van der Waals surface area contributed by atoms with Crippen LogP contribution in [0.15, 0.2) is 12.2 Å². The van der Waals surface area contributed by atoms with Crippen LogP contribution in [0.5, 0.6) is 0 Å². The molecule has 0 aromatic carbocycles. The number of hydrogen-bond donors (Lipinski definition) is 0. The summed E-state index contributed by atoms with van der Waals surface area (Å²) < 4.78 is 13.1. The third-order valence-electron chi connectivity index (χ3n) is 1.44. The minimum absolute atomic E-state index is 0.0968. The molecule has 0 amide bonds. The first kappa shape index (κ1) is 16.3. The Morgan fingerprint density at radius 3 is 2.22 bits per heavy atom. The standard InChI is InChI=1S/C10H11BrO7/c1-16-7(12)2-3-8(13)17-5-4-9(14)18-10(15)6-11/h2-3H,4-6H2,1H3. The molecule has 0 atom stereocenters. The Morgan fingerprint density at radius 2 is 1.67 bits per heavy atom. The van der Waals surface area contributed by atoms with Gasteiger partial charge in [0.2, 0.25) is 0 Å². The van der Waals surface area contributed by atoms with Crippen molar-refractivity contribution < 1.29 is 33.4 Å². The molecule has 0 radical (unpaired) electrons. The maximum Gasteiger partial charge on any atom is 0.331 e. The summed E-state index contributed by atoms with van der Waals surface area (Å²) in [5.74, 6) is -3.03. The van der Waals surface area contributed by atoms with Gasteiger partial charge < -0.3 is 14.2 Å². The fraction of sp³-hybridized carbons (Fsp3) is 0.400. The smallest absolute Gasteiger partial charge is 0.331 e. The highest BCUT2D eigenvalue weighted by molar-refractivity contribution is 9.09. The van der Waals surface area contributed by atoms with Crippen LogP contribution in [0, 0.1) is 0 Å². The lowest BCUT2D eigenvalue weighted by molar-refractivity contribution is -0.158. The Hall–Kier alpha value is -1.70. The first-order chi connectivity index (χ1) is 8.49. The lowest BCUT2D eigenvalue weighted by Crippen LogP contribution is -2.15. The van der Waals surface area contributed by atoms with Crippen molar-refractivity contribution in [2.75, 3.05) is 19.0 Å².